The minimum absolute atomic E-state index is 0.0460. The first kappa shape index (κ1) is 14.8. The third-order valence-electron chi connectivity index (χ3n) is 4.92. The molecule has 1 unspecified atom stereocenters. The van der Waals surface area contributed by atoms with Gasteiger partial charge in [-0.2, -0.15) is 0 Å². The number of H-pyrrole nitrogens is 1. The van der Waals surface area contributed by atoms with Gasteiger partial charge in [0.25, 0.3) is 0 Å². The number of aryl methyl sites for hydroxylation is 2. The van der Waals surface area contributed by atoms with Crippen LogP contribution in [0.5, 0.6) is 0 Å². The van der Waals surface area contributed by atoms with Gasteiger partial charge in [0, 0.05) is 4.88 Å². The zero-order valence-electron chi connectivity index (χ0n) is 14.0. The van der Waals surface area contributed by atoms with Gasteiger partial charge >= 0.3 is 0 Å². The summed E-state index contributed by atoms with van der Waals surface area (Å²) in [5.41, 5.74) is 3.50. The van der Waals surface area contributed by atoms with Crippen molar-refractivity contribution < 1.29 is 0 Å². The van der Waals surface area contributed by atoms with Crippen molar-refractivity contribution in [2.24, 2.45) is 0 Å². The molecule has 0 radical (unpaired) electrons. The first-order valence-corrected chi connectivity index (χ1v) is 9.57. The van der Waals surface area contributed by atoms with Crippen molar-refractivity contribution in [3.63, 3.8) is 0 Å². The van der Waals surface area contributed by atoms with Crippen LogP contribution < -0.4 is 5.32 Å². The van der Waals surface area contributed by atoms with Gasteiger partial charge in [-0.15, -0.1) is 11.3 Å². The molecule has 25 heavy (non-hydrogen) atoms. The van der Waals surface area contributed by atoms with Gasteiger partial charge < -0.3 is 10.3 Å². The number of imidazole rings is 1. The van der Waals surface area contributed by atoms with E-state index in [2.05, 4.69) is 33.3 Å². The van der Waals surface area contributed by atoms with Crippen LogP contribution in [0, 0.1) is 0 Å². The average molecular weight is 349 g/mol. The highest BCUT2D eigenvalue weighted by molar-refractivity contribution is 7.19. The lowest BCUT2D eigenvalue weighted by atomic mass is 9.97. The van der Waals surface area contributed by atoms with E-state index in [4.69, 9.17) is 4.98 Å². The number of para-hydroxylation sites is 2. The Hall–Kier alpha value is -2.47. The lowest BCUT2D eigenvalue weighted by Crippen LogP contribution is -2.10. The van der Waals surface area contributed by atoms with Gasteiger partial charge in [-0.25, -0.2) is 15.0 Å². The molecule has 5 rings (SSSR count). The van der Waals surface area contributed by atoms with Crippen LogP contribution >= 0.6 is 11.3 Å². The highest BCUT2D eigenvalue weighted by atomic mass is 32.1. The Morgan fingerprint density at radius 3 is 2.96 bits per heavy atom. The Labute approximate surface area is 149 Å². The van der Waals surface area contributed by atoms with Gasteiger partial charge in [0.1, 0.15) is 22.8 Å². The predicted molar refractivity (Wildman–Crippen MR) is 102 cm³/mol. The van der Waals surface area contributed by atoms with Crippen molar-refractivity contribution >= 4 is 38.4 Å². The summed E-state index contributed by atoms with van der Waals surface area (Å²) in [6.45, 7) is 2.12. The molecule has 0 fully saturated rings. The summed E-state index contributed by atoms with van der Waals surface area (Å²) >= 11 is 1.83. The largest absolute Gasteiger partial charge is 0.360 e. The van der Waals surface area contributed by atoms with Gasteiger partial charge in [-0.05, 0) is 50.3 Å². The number of hydrogen-bond donors (Lipinski definition) is 2. The SMILES string of the molecule is CC(Nc1ncnc2sc3c(c12)CCCC3)c1nc2ccccc2[nH]1. The topological polar surface area (TPSA) is 66.5 Å². The van der Waals surface area contributed by atoms with Crippen molar-refractivity contribution in [2.45, 2.75) is 38.6 Å². The maximum atomic E-state index is 4.71. The standard InChI is InChI=1S/C19H19N5S/c1-11(17-23-13-7-3-4-8-14(13)24-17)22-18-16-12-6-2-5-9-15(12)25-19(16)21-10-20-18/h3-4,7-8,10-11H,2,5-6,9H2,1H3,(H,23,24)(H,20,21,22). The van der Waals surface area contributed by atoms with E-state index in [0.29, 0.717) is 0 Å². The third-order valence-corrected chi connectivity index (χ3v) is 6.12. The van der Waals surface area contributed by atoms with E-state index in [0.717, 1.165) is 33.9 Å². The molecule has 0 bridgehead atoms. The quantitative estimate of drug-likeness (QED) is 0.566. The number of thiophene rings is 1. The van der Waals surface area contributed by atoms with E-state index < -0.39 is 0 Å². The Morgan fingerprint density at radius 1 is 1.16 bits per heavy atom. The van der Waals surface area contributed by atoms with Crippen molar-refractivity contribution in [2.75, 3.05) is 5.32 Å². The second kappa shape index (κ2) is 5.81. The zero-order chi connectivity index (χ0) is 16.8. The minimum atomic E-state index is 0.0460. The molecule has 4 aromatic rings. The second-order valence-corrected chi connectivity index (χ2v) is 7.70. The predicted octanol–water partition coefficient (Wildman–Crippen LogP) is 4.62. The molecule has 126 valence electrons. The van der Waals surface area contributed by atoms with Crippen LogP contribution in [0.1, 0.15) is 42.1 Å². The molecule has 5 nitrogen and oxygen atoms in total. The molecule has 1 atom stereocenters. The van der Waals surface area contributed by atoms with Crippen LogP contribution in [-0.2, 0) is 12.8 Å². The van der Waals surface area contributed by atoms with Crippen molar-refractivity contribution in [3.8, 4) is 0 Å². The highest BCUT2D eigenvalue weighted by Crippen LogP contribution is 2.38. The van der Waals surface area contributed by atoms with E-state index in [-0.39, 0.29) is 6.04 Å². The molecule has 1 aromatic carbocycles. The molecule has 3 heterocycles. The number of nitrogens with zero attached hydrogens (tertiary/aromatic N) is 3. The number of anilines is 1. The molecule has 0 aliphatic heterocycles. The first-order chi connectivity index (χ1) is 12.3. The molecule has 0 amide bonds. The fourth-order valence-corrected chi connectivity index (χ4v) is 4.88. The van der Waals surface area contributed by atoms with Gasteiger partial charge in [-0.3, -0.25) is 0 Å². The number of hydrogen-bond acceptors (Lipinski definition) is 5. The molecule has 1 aliphatic rings. The summed E-state index contributed by atoms with van der Waals surface area (Å²) in [4.78, 5) is 19.8. The molecule has 0 saturated heterocycles. The fourth-order valence-electron chi connectivity index (χ4n) is 3.65. The Kier molecular flexibility index (Phi) is 3.45. The normalized spacial score (nSPS) is 15.4. The summed E-state index contributed by atoms with van der Waals surface area (Å²) in [6, 6.07) is 8.16. The lowest BCUT2D eigenvalue weighted by Gasteiger charge is -2.15. The maximum Gasteiger partial charge on any atom is 0.139 e. The summed E-state index contributed by atoms with van der Waals surface area (Å²) in [7, 11) is 0. The molecule has 0 saturated carbocycles. The third kappa shape index (κ3) is 2.48. The number of benzene rings is 1. The monoisotopic (exact) mass is 349 g/mol. The highest BCUT2D eigenvalue weighted by Gasteiger charge is 2.21. The fraction of sp³-hybridized carbons (Fsp3) is 0.316. The van der Waals surface area contributed by atoms with Gasteiger partial charge in [0.15, 0.2) is 0 Å². The smallest absolute Gasteiger partial charge is 0.139 e. The van der Waals surface area contributed by atoms with Crippen LogP contribution in [0.25, 0.3) is 21.3 Å². The van der Waals surface area contributed by atoms with Crippen LogP contribution in [-0.4, -0.2) is 19.9 Å². The number of nitrogens with one attached hydrogen (secondary N) is 2. The van der Waals surface area contributed by atoms with Crippen LogP contribution in [0.2, 0.25) is 0 Å². The molecule has 3 aromatic heterocycles. The number of fused-ring (bicyclic) bond motifs is 4. The molecule has 2 N–H and O–H groups in total. The van der Waals surface area contributed by atoms with Crippen molar-refractivity contribution in [3.05, 3.63) is 46.9 Å². The van der Waals surface area contributed by atoms with Crippen LogP contribution in [0.3, 0.4) is 0 Å². The van der Waals surface area contributed by atoms with Gasteiger partial charge in [0.05, 0.1) is 22.5 Å². The average Bonchev–Trinajstić information content (AvgIpc) is 3.23. The summed E-state index contributed by atoms with van der Waals surface area (Å²) in [6.07, 6.45) is 6.51. The van der Waals surface area contributed by atoms with Gasteiger partial charge in [0.2, 0.25) is 0 Å². The number of rotatable bonds is 3. The van der Waals surface area contributed by atoms with E-state index in [1.54, 1.807) is 6.33 Å². The van der Waals surface area contributed by atoms with Crippen molar-refractivity contribution in [1.29, 1.82) is 0 Å². The van der Waals surface area contributed by atoms with E-state index in [1.807, 2.05) is 29.5 Å². The number of aromatic amines is 1. The molecule has 0 spiro atoms. The number of aromatic nitrogens is 4. The van der Waals surface area contributed by atoms with Crippen LogP contribution in [0.15, 0.2) is 30.6 Å². The van der Waals surface area contributed by atoms with Crippen molar-refractivity contribution in [1.82, 2.24) is 19.9 Å². The maximum absolute atomic E-state index is 4.71. The van der Waals surface area contributed by atoms with Gasteiger partial charge in [-0.1, -0.05) is 12.1 Å². The molecular weight excluding hydrogens is 330 g/mol. The lowest BCUT2D eigenvalue weighted by molar-refractivity contribution is 0.700. The molecule has 1 aliphatic carbocycles. The first-order valence-electron chi connectivity index (χ1n) is 8.76. The Balaban J connectivity index is 1.53. The van der Waals surface area contributed by atoms with E-state index >= 15 is 0 Å². The Bertz CT molecular complexity index is 1030. The van der Waals surface area contributed by atoms with Crippen LogP contribution in [0.4, 0.5) is 5.82 Å². The van der Waals surface area contributed by atoms with E-state index in [9.17, 15) is 0 Å². The van der Waals surface area contributed by atoms with E-state index in [1.165, 1.54) is 35.1 Å². The molecular formula is C19H19N5S. The molecule has 6 heteroatoms. The summed E-state index contributed by atoms with van der Waals surface area (Å²) < 4.78 is 0. The zero-order valence-corrected chi connectivity index (χ0v) is 14.9. The Morgan fingerprint density at radius 2 is 2.04 bits per heavy atom. The second-order valence-electron chi connectivity index (χ2n) is 6.62. The summed E-state index contributed by atoms with van der Waals surface area (Å²) in [5.74, 6) is 1.86. The minimum Gasteiger partial charge on any atom is -0.360 e. The summed E-state index contributed by atoms with van der Waals surface area (Å²) in [5, 5.41) is 4.77.